The van der Waals surface area contributed by atoms with E-state index in [0.717, 1.165) is 11.3 Å². The molecule has 0 radical (unpaired) electrons. The molecular formula is C12H16BrNO3S. The summed E-state index contributed by atoms with van der Waals surface area (Å²) in [7, 11) is 0. The van der Waals surface area contributed by atoms with Crippen LogP contribution in [0.25, 0.3) is 0 Å². The molecule has 6 heteroatoms. The molecule has 18 heavy (non-hydrogen) atoms. The molecule has 0 fully saturated rings. The SMILES string of the molecule is CCOC(=O)c1cc(CC)sc1NC(=O)[C@H](C)Br. The molecule has 1 heterocycles. The molecule has 0 aliphatic rings. The third-order valence-electron chi connectivity index (χ3n) is 2.22. The van der Waals surface area contributed by atoms with Crippen molar-refractivity contribution < 1.29 is 14.3 Å². The molecule has 0 bridgehead atoms. The van der Waals surface area contributed by atoms with E-state index < -0.39 is 5.97 Å². The number of carbonyl (C=O) groups is 2. The normalized spacial score (nSPS) is 12.0. The average molecular weight is 334 g/mol. The summed E-state index contributed by atoms with van der Waals surface area (Å²) >= 11 is 4.60. The molecule has 0 unspecified atom stereocenters. The van der Waals surface area contributed by atoms with Gasteiger partial charge in [-0.1, -0.05) is 22.9 Å². The number of aryl methyl sites for hydroxylation is 1. The second-order valence-electron chi connectivity index (χ2n) is 3.63. The Bertz CT molecular complexity index is 443. The maximum atomic E-state index is 11.8. The van der Waals surface area contributed by atoms with Crippen molar-refractivity contribution in [1.29, 1.82) is 0 Å². The van der Waals surface area contributed by atoms with Crippen LogP contribution in [0.15, 0.2) is 6.07 Å². The summed E-state index contributed by atoms with van der Waals surface area (Å²) in [4.78, 5) is 24.1. The highest BCUT2D eigenvalue weighted by atomic mass is 79.9. The van der Waals surface area contributed by atoms with Gasteiger partial charge in [0.1, 0.15) is 5.00 Å². The number of esters is 1. The second-order valence-corrected chi connectivity index (χ2v) is 6.15. The standard InChI is InChI=1S/C12H16BrNO3S/c1-4-8-6-9(12(16)17-5-2)11(18-8)14-10(15)7(3)13/h6-7H,4-5H2,1-3H3,(H,14,15)/t7-/m0/s1. The Morgan fingerprint density at radius 3 is 2.67 bits per heavy atom. The first-order valence-electron chi connectivity index (χ1n) is 5.74. The molecule has 0 saturated heterocycles. The van der Waals surface area contributed by atoms with Gasteiger partial charge in [-0.25, -0.2) is 4.79 Å². The molecule has 1 aromatic heterocycles. The summed E-state index contributed by atoms with van der Waals surface area (Å²) in [6.45, 7) is 5.80. The zero-order valence-corrected chi connectivity index (χ0v) is 13.0. The molecular weight excluding hydrogens is 318 g/mol. The van der Waals surface area contributed by atoms with Crippen molar-refractivity contribution in [1.82, 2.24) is 0 Å². The van der Waals surface area contributed by atoms with E-state index in [1.165, 1.54) is 11.3 Å². The van der Waals surface area contributed by atoms with Crippen LogP contribution in [0.1, 0.15) is 36.0 Å². The predicted molar refractivity (Wildman–Crippen MR) is 76.7 cm³/mol. The lowest BCUT2D eigenvalue weighted by atomic mass is 10.2. The first-order valence-corrected chi connectivity index (χ1v) is 7.47. The Morgan fingerprint density at radius 2 is 2.17 bits per heavy atom. The minimum absolute atomic E-state index is 0.176. The average Bonchev–Trinajstić information content (AvgIpc) is 2.72. The third-order valence-corrected chi connectivity index (χ3v) is 3.84. The van der Waals surface area contributed by atoms with Crippen LogP contribution in [0, 0.1) is 0 Å². The van der Waals surface area contributed by atoms with E-state index in [9.17, 15) is 9.59 Å². The van der Waals surface area contributed by atoms with Gasteiger partial charge in [-0.05, 0) is 26.3 Å². The topological polar surface area (TPSA) is 55.4 Å². The van der Waals surface area contributed by atoms with Crippen LogP contribution >= 0.6 is 27.3 Å². The molecule has 4 nitrogen and oxygen atoms in total. The molecule has 1 rings (SSSR count). The number of amides is 1. The largest absolute Gasteiger partial charge is 0.462 e. The van der Waals surface area contributed by atoms with Crippen molar-refractivity contribution in [3.63, 3.8) is 0 Å². The summed E-state index contributed by atoms with van der Waals surface area (Å²) in [5.41, 5.74) is 0.431. The first kappa shape index (κ1) is 15.2. The van der Waals surface area contributed by atoms with Crippen molar-refractivity contribution >= 4 is 44.1 Å². The monoisotopic (exact) mass is 333 g/mol. The molecule has 100 valence electrons. The maximum absolute atomic E-state index is 11.8. The predicted octanol–water partition coefficient (Wildman–Crippen LogP) is 3.21. The number of rotatable bonds is 5. The number of hydrogen-bond acceptors (Lipinski definition) is 4. The van der Waals surface area contributed by atoms with Crippen molar-refractivity contribution in [3.05, 3.63) is 16.5 Å². The van der Waals surface area contributed by atoms with Gasteiger partial charge in [0, 0.05) is 4.88 Å². The van der Waals surface area contributed by atoms with Crippen molar-refractivity contribution in [2.75, 3.05) is 11.9 Å². The molecule has 0 aliphatic carbocycles. The van der Waals surface area contributed by atoms with Gasteiger partial charge in [0.15, 0.2) is 0 Å². The smallest absolute Gasteiger partial charge is 0.341 e. The second kappa shape index (κ2) is 6.89. The van der Waals surface area contributed by atoms with E-state index in [-0.39, 0.29) is 10.7 Å². The van der Waals surface area contributed by atoms with Crippen LogP contribution in [-0.4, -0.2) is 23.3 Å². The van der Waals surface area contributed by atoms with Crippen LogP contribution in [0.3, 0.4) is 0 Å². The van der Waals surface area contributed by atoms with Gasteiger partial charge in [-0.3, -0.25) is 4.79 Å². The molecule has 1 aromatic rings. The Morgan fingerprint density at radius 1 is 1.50 bits per heavy atom. The van der Waals surface area contributed by atoms with E-state index in [4.69, 9.17) is 4.74 Å². The summed E-state index contributed by atoms with van der Waals surface area (Å²) < 4.78 is 4.97. The van der Waals surface area contributed by atoms with Gasteiger partial charge in [-0.2, -0.15) is 0 Å². The van der Waals surface area contributed by atoms with Crippen molar-refractivity contribution in [2.24, 2.45) is 0 Å². The van der Waals surface area contributed by atoms with Crippen molar-refractivity contribution in [3.8, 4) is 0 Å². The highest BCUT2D eigenvalue weighted by Gasteiger charge is 2.19. The Hall–Kier alpha value is -0.880. The summed E-state index contributed by atoms with van der Waals surface area (Å²) in [5, 5.41) is 3.29. The van der Waals surface area contributed by atoms with E-state index >= 15 is 0 Å². The van der Waals surface area contributed by atoms with E-state index in [1.54, 1.807) is 19.9 Å². The number of ether oxygens (including phenoxy) is 1. The van der Waals surface area contributed by atoms with Crippen LogP contribution in [-0.2, 0) is 16.0 Å². The van der Waals surface area contributed by atoms with Crippen molar-refractivity contribution in [2.45, 2.75) is 32.0 Å². The molecule has 1 amide bonds. The van der Waals surface area contributed by atoms with Gasteiger partial charge < -0.3 is 10.1 Å². The lowest BCUT2D eigenvalue weighted by Crippen LogP contribution is -2.20. The molecule has 0 saturated carbocycles. The van der Waals surface area contributed by atoms with Crippen LogP contribution in [0.5, 0.6) is 0 Å². The van der Waals surface area contributed by atoms with E-state index in [1.807, 2.05) is 6.92 Å². The van der Waals surface area contributed by atoms with Crippen LogP contribution < -0.4 is 5.32 Å². The lowest BCUT2D eigenvalue weighted by molar-refractivity contribution is -0.115. The van der Waals surface area contributed by atoms with Gasteiger partial charge >= 0.3 is 5.97 Å². The highest BCUT2D eigenvalue weighted by molar-refractivity contribution is 9.10. The Labute approximate surface area is 119 Å². The summed E-state index contributed by atoms with van der Waals surface area (Å²) in [5.74, 6) is -0.573. The zero-order valence-electron chi connectivity index (χ0n) is 10.6. The van der Waals surface area contributed by atoms with Gasteiger partial charge in [-0.15, -0.1) is 11.3 Å². The fourth-order valence-corrected chi connectivity index (χ4v) is 2.38. The highest BCUT2D eigenvalue weighted by Crippen LogP contribution is 2.29. The fraction of sp³-hybridized carbons (Fsp3) is 0.500. The number of alkyl halides is 1. The molecule has 1 N–H and O–H groups in total. The first-order chi connectivity index (χ1) is 8.49. The fourth-order valence-electron chi connectivity index (χ4n) is 1.28. The third kappa shape index (κ3) is 3.81. The number of thiophene rings is 1. The van der Waals surface area contributed by atoms with Crippen LogP contribution in [0.2, 0.25) is 0 Å². The van der Waals surface area contributed by atoms with Gasteiger partial charge in [0.25, 0.3) is 0 Å². The molecule has 1 atom stereocenters. The van der Waals surface area contributed by atoms with Gasteiger partial charge in [0.05, 0.1) is 17.0 Å². The number of carbonyl (C=O) groups excluding carboxylic acids is 2. The Balaban J connectivity index is 2.98. The minimum Gasteiger partial charge on any atom is -0.462 e. The van der Waals surface area contributed by atoms with E-state index in [0.29, 0.717) is 17.2 Å². The lowest BCUT2D eigenvalue weighted by Gasteiger charge is -2.06. The number of hydrogen-bond donors (Lipinski definition) is 1. The van der Waals surface area contributed by atoms with E-state index in [2.05, 4.69) is 21.2 Å². The molecule has 0 aliphatic heterocycles. The summed E-state index contributed by atoms with van der Waals surface area (Å²) in [6, 6.07) is 1.77. The minimum atomic E-state index is -0.397. The van der Waals surface area contributed by atoms with Gasteiger partial charge in [0.2, 0.25) is 5.91 Å². The zero-order chi connectivity index (χ0) is 13.7. The summed E-state index contributed by atoms with van der Waals surface area (Å²) in [6.07, 6.45) is 0.816. The molecule has 0 spiro atoms. The number of halogens is 1. The van der Waals surface area contributed by atoms with Crippen LogP contribution in [0.4, 0.5) is 5.00 Å². The number of nitrogens with one attached hydrogen (secondary N) is 1. The Kier molecular flexibility index (Phi) is 5.81. The maximum Gasteiger partial charge on any atom is 0.341 e. The number of anilines is 1. The quantitative estimate of drug-likeness (QED) is 0.664. The molecule has 0 aromatic carbocycles.